The van der Waals surface area contributed by atoms with Crippen LogP contribution in [-0.4, -0.2) is 38.7 Å². The molecule has 8 heteroatoms. The first-order valence-corrected chi connectivity index (χ1v) is 11.3. The molecule has 0 atom stereocenters. The third-order valence-corrected chi connectivity index (χ3v) is 6.70. The van der Waals surface area contributed by atoms with Crippen molar-refractivity contribution in [2.75, 3.05) is 11.9 Å². The first-order valence-electron chi connectivity index (χ1n) is 11.3. The third kappa shape index (κ3) is 3.12. The lowest BCUT2D eigenvalue weighted by molar-refractivity contribution is 0.102. The van der Waals surface area contributed by atoms with E-state index in [1.807, 2.05) is 24.4 Å². The van der Waals surface area contributed by atoms with Crippen LogP contribution in [0, 0.1) is 0 Å². The number of anilines is 1. The molecule has 2 aliphatic carbocycles. The highest BCUT2D eigenvalue weighted by atomic mass is 16.5. The Bertz CT molecular complexity index is 1280. The Morgan fingerprint density at radius 1 is 1.31 bits per heavy atom. The summed E-state index contributed by atoms with van der Waals surface area (Å²) in [6, 6.07) is 5.47. The number of aromatic nitrogens is 3. The van der Waals surface area contributed by atoms with Gasteiger partial charge in [0.1, 0.15) is 17.1 Å². The molecule has 0 radical (unpaired) electrons. The minimum atomic E-state index is -0.380. The first kappa shape index (κ1) is 19.5. The van der Waals surface area contributed by atoms with Crippen molar-refractivity contribution >= 4 is 17.2 Å². The fourth-order valence-corrected chi connectivity index (χ4v) is 4.84. The predicted octanol–water partition coefficient (Wildman–Crippen LogP) is 3.30. The quantitative estimate of drug-likeness (QED) is 0.643. The van der Waals surface area contributed by atoms with Gasteiger partial charge in [0.2, 0.25) is 0 Å². The molecule has 7 rings (SSSR count). The number of fused-ring (bicyclic) bond motifs is 2. The summed E-state index contributed by atoms with van der Waals surface area (Å²) in [5.41, 5.74) is 2.18. The maximum absolute atomic E-state index is 13.2. The number of nitrogens with zero attached hydrogens (tertiary/aromatic N) is 3. The van der Waals surface area contributed by atoms with Crippen molar-refractivity contribution in [2.24, 2.45) is 0 Å². The lowest BCUT2D eigenvalue weighted by Crippen LogP contribution is -2.37. The summed E-state index contributed by atoms with van der Waals surface area (Å²) in [7, 11) is 0. The molecule has 3 aromatic rings. The number of pyridine rings is 2. The van der Waals surface area contributed by atoms with Crippen LogP contribution in [0.1, 0.15) is 61.6 Å². The molecule has 2 saturated heterocycles. The second-order valence-corrected chi connectivity index (χ2v) is 9.55. The van der Waals surface area contributed by atoms with Crippen LogP contribution in [-0.2, 0) is 10.2 Å². The lowest BCUT2D eigenvalue weighted by Gasteiger charge is -2.33. The molecule has 0 spiro atoms. The van der Waals surface area contributed by atoms with Crippen molar-refractivity contribution in [1.29, 1.82) is 0 Å². The minimum Gasteiger partial charge on any atom is -0.490 e. The van der Waals surface area contributed by atoms with Gasteiger partial charge >= 0.3 is 0 Å². The maximum Gasteiger partial charge on any atom is 0.274 e. The number of carbonyl (C=O) groups excluding carboxylic acids is 1. The summed E-state index contributed by atoms with van der Waals surface area (Å²) in [6.45, 7) is 4.53. The zero-order chi connectivity index (χ0) is 22.0. The lowest BCUT2D eigenvalue weighted by atomic mass is 9.68. The summed E-state index contributed by atoms with van der Waals surface area (Å²) in [5.74, 6) is 0.0711. The Labute approximate surface area is 185 Å². The van der Waals surface area contributed by atoms with Gasteiger partial charge in [0, 0.05) is 36.1 Å². The molecule has 2 bridgehead atoms. The fourth-order valence-electron chi connectivity index (χ4n) is 4.84. The first-order chi connectivity index (χ1) is 15.4. The highest BCUT2D eigenvalue weighted by Crippen LogP contribution is 2.51. The van der Waals surface area contributed by atoms with Crippen molar-refractivity contribution in [3.8, 4) is 5.75 Å². The predicted molar refractivity (Wildman–Crippen MR) is 119 cm³/mol. The molecule has 4 fully saturated rings. The van der Waals surface area contributed by atoms with E-state index in [1.165, 1.54) is 0 Å². The number of hydrogen-bond acceptors (Lipinski definition) is 5. The van der Waals surface area contributed by atoms with Gasteiger partial charge < -0.3 is 23.8 Å². The summed E-state index contributed by atoms with van der Waals surface area (Å²) >= 11 is 0. The number of rotatable bonds is 6. The second-order valence-electron chi connectivity index (χ2n) is 9.55. The van der Waals surface area contributed by atoms with Crippen LogP contribution in [0.15, 0.2) is 41.6 Å². The molecule has 0 unspecified atom stereocenters. The van der Waals surface area contributed by atoms with Gasteiger partial charge in [-0.3, -0.25) is 9.59 Å². The summed E-state index contributed by atoms with van der Waals surface area (Å²) in [5, 5.41) is 2.80. The van der Waals surface area contributed by atoms with Crippen LogP contribution in [0.4, 0.5) is 5.69 Å². The van der Waals surface area contributed by atoms with E-state index in [1.54, 1.807) is 35.2 Å². The van der Waals surface area contributed by atoms with E-state index in [0.717, 1.165) is 37.0 Å². The average molecular weight is 434 g/mol. The Kier molecular flexibility index (Phi) is 4.24. The SMILES string of the molecule is CC(C)Oc1cc2nc(C34COC(C3)C4)cn2cc1C(=O)Nc1cccn(C2CC2)c1=O. The van der Waals surface area contributed by atoms with Crippen LogP contribution in [0.2, 0.25) is 0 Å². The number of amides is 1. The molecule has 2 saturated carbocycles. The molecule has 4 aliphatic rings. The smallest absolute Gasteiger partial charge is 0.274 e. The van der Waals surface area contributed by atoms with Crippen LogP contribution >= 0.6 is 0 Å². The normalized spacial score (nSPS) is 24.0. The van der Waals surface area contributed by atoms with Gasteiger partial charge in [0.25, 0.3) is 11.5 Å². The van der Waals surface area contributed by atoms with Gasteiger partial charge in [-0.05, 0) is 51.7 Å². The van der Waals surface area contributed by atoms with Gasteiger partial charge in [0.05, 0.1) is 30.1 Å². The van der Waals surface area contributed by atoms with Crippen molar-refractivity contribution < 1.29 is 14.3 Å². The molecule has 5 heterocycles. The standard InChI is InChI=1S/C24H26N4O4/c1-14(2)32-19-8-21-26-20(24-9-16(10-24)31-13-24)12-27(21)11-17(19)22(29)25-18-4-3-7-28(23(18)30)15-5-6-15/h3-4,7-8,11-12,14-16H,5-6,9-10,13H2,1-2H3,(H,25,29). The van der Waals surface area contributed by atoms with E-state index in [9.17, 15) is 9.59 Å². The number of ether oxygens (including phenoxy) is 2. The minimum absolute atomic E-state index is 0.00386. The average Bonchev–Trinajstić information content (AvgIpc) is 3.16. The number of hydrogen-bond donors (Lipinski definition) is 1. The Morgan fingerprint density at radius 2 is 2.12 bits per heavy atom. The molecular formula is C24H26N4O4. The maximum atomic E-state index is 13.2. The van der Waals surface area contributed by atoms with Gasteiger partial charge in [-0.2, -0.15) is 0 Å². The molecule has 2 aliphatic heterocycles. The molecule has 1 N–H and O–H groups in total. The van der Waals surface area contributed by atoms with E-state index in [-0.39, 0.29) is 34.7 Å². The van der Waals surface area contributed by atoms with Gasteiger partial charge in [-0.1, -0.05) is 0 Å². The van der Waals surface area contributed by atoms with Crippen molar-refractivity contribution in [1.82, 2.24) is 14.0 Å². The topological polar surface area (TPSA) is 86.9 Å². The molecule has 32 heavy (non-hydrogen) atoms. The second kappa shape index (κ2) is 6.93. The monoisotopic (exact) mass is 434 g/mol. The number of carbonyl (C=O) groups is 1. The van der Waals surface area contributed by atoms with Crippen LogP contribution in [0.3, 0.4) is 0 Å². The summed E-state index contributed by atoms with van der Waals surface area (Å²) < 4.78 is 15.3. The van der Waals surface area contributed by atoms with E-state index in [2.05, 4.69) is 5.32 Å². The molecule has 166 valence electrons. The van der Waals surface area contributed by atoms with E-state index in [4.69, 9.17) is 14.5 Å². The van der Waals surface area contributed by atoms with Crippen LogP contribution in [0.5, 0.6) is 5.75 Å². The van der Waals surface area contributed by atoms with E-state index >= 15 is 0 Å². The fraction of sp³-hybridized carbons (Fsp3) is 0.458. The zero-order valence-corrected chi connectivity index (χ0v) is 18.2. The summed E-state index contributed by atoms with van der Waals surface area (Å²) in [6.07, 6.45) is 9.74. The van der Waals surface area contributed by atoms with Crippen molar-refractivity contribution in [3.63, 3.8) is 0 Å². The molecule has 0 aromatic carbocycles. The van der Waals surface area contributed by atoms with Crippen molar-refractivity contribution in [2.45, 2.75) is 63.2 Å². The number of nitrogens with one attached hydrogen (secondary N) is 1. The zero-order valence-electron chi connectivity index (χ0n) is 18.2. The molecule has 8 nitrogen and oxygen atoms in total. The highest BCUT2D eigenvalue weighted by Gasteiger charge is 2.54. The number of imidazole rings is 1. The Morgan fingerprint density at radius 3 is 2.81 bits per heavy atom. The molecule has 1 amide bonds. The van der Waals surface area contributed by atoms with E-state index < -0.39 is 0 Å². The Hall–Kier alpha value is -3.13. The largest absolute Gasteiger partial charge is 0.490 e. The van der Waals surface area contributed by atoms with Gasteiger partial charge in [0.15, 0.2) is 0 Å². The van der Waals surface area contributed by atoms with Gasteiger partial charge in [-0.25, -0.2) is 4.98 Å². The summed E-state index contributed by atoms with van der Waals surface area (Å²) in [4.78, 5) is 30.8. The van der Waals surface area contributed by atoms with E-state index in [0.29, 0.717) is 24.0 Å². The van der Waals surface area contributed by atoms with Crippen molar-refractivity contribution in [3.05, 3.63) is 58.4 Å². The molecular weight excluding hydrogens is 408 g/mol. The Balaban J connectivity index is 1.36. The third-order valence-electron chi connectivity index (χ3n) is 6.70. The van der Waals surface area contributed by atoms with Crippen LogP contribution in [0.25, 0.3) is 5.65 Å². The van der Waals surface area contributed by atoms with Gasteiger partial charge in [-0.15, -0.1) is 0 Å². The highest BCUT2D eigenvalue weighted by molar-refractivity contribution is 6.06. The molecule has 3 aromatic heterocycles. The van der Waals surface area contributed by atoms with Crippen LogP contribution < -0.4 is 15.6 Å².